The molecular weight excluding hydrogens is 218 g/mol. The summed E-state index contributed by atoms with van der Waals surface area (Å²) in [6.45, 7) is 1.92. The molecule has 2 amide bonds. The molecule has 1 aromatic rings. The standard InChI is InChI=1S/C12H17N3O2/c1-8-5-3-4-6-9(8)15-10(12(13)17)7-11(16)14-2/h3-6,10,15H,7H2,1-2H3,(H2,13,17)(H,14,16). The Hall–Kier alpha value is -2.04. The number of rotatable bonds is 5. The van der Waals surface area contributed by atoms with Gasteiger partial charge in [0.25, 0.3) is 0 Å². The molecule has 4 N–H and O–H groups in total. The highest BCUT2D eigenvalue weighted by molar-refractivity contribution is 5.89. The van der Waals surface area contributed by atoms with E-state index in [1.807, 2.05) is 31.2 Å². The molecule has 0 saturated carbocycles. The van der Waals surface area contributed by atoms with E-state index in [1.54, 1.807) is 0 Å². The van der Waals surface area contributed by atoms with E-state index in [0.717, 1.165) is 11.3 Å². The predicted octanol–water partition coefficient (Wildman–Crippen LogP) is 0.397. The van der Waals surface area contributed by atoms with Crippen molar-refractivity contribution >= 4 is 17.5 Å². The quantitative estimate of drug-likeness (QED) is 0.690. The van der Waals surface area contributed by atoms with Crippen molar-refractivity contribution in [3.8, 4) is 0 Å². The third-order valence-corrected chi connectivity index (χ3v) is 2.49. The van der Waals surface area contributed by atoms with Gasteiger partial charge in [-0.2, -0.15) is 0 Å². The Bertz CT molecular complexity index is 418. The van der Waals surface area contributed by atoms with Crippen LogP contribution in [0.25, 0.3) is 0 Å². The molecule has 5 nitrogen and oxygen atoms in total. The Kier molecular flexibility index (Phi) is 4.51. The molecular formula is C12H17N3O2. The molecule has 1 unspecified atom stereocenters. The van der Waals surface area contributed by atoms with Crippen LogP contribution in [0.2, 0.25) is 0 Å². The van der Waals surface area contributed by atoms with Crippen molar-refractivity contribution in [2.24, 2.45) is 5.73 Å². The number of nitrogens with two attached hydrogens (primary N) is 1. The first-order valence-corrected chi connectivity index (χ1v) is 5.36. The Morgan fingerprint density at radius 2 is 2.00 bits per heavy atom. The van der Waals surface area contributed by atoms with Crippen LogP contribution >= 0.6 is 0 Å². The zero-order valence-electron chi connectivity index (χ0n) is 9.99. The lowest BCUT2D eigenvalue weighted by Crippen LogP contribution is -2.39. The fraction of sp³-hybridized carbons (Fsp3) is 0.333. The van der Waals surface area contributed by atoms with Crippen LogP contribution in [0.1, 0.15) is 12.0 Å². The molecule has 92 valence electrons. The Labute approximate surface area is 100 Å². The van der Waals surface area contributed by atoms with E-state index in [0.29, 0.717) is 0 Å². The summed E-state index contributed by atoms with van der Waals surface area (Å²) < 4.78 is 0. The second kappa shape index (κ2) is 5.89. The topological polar surface area (TPSA) is 84.2 Å². The second-order valence-corrected chi connectivity index (χ2v) is 3.79. The Balaban J connectivity index is 2.77. The first-order valence-electron chi connectivity index (χ1n) is 5.36. The third kappa shape index (κ3) is 3.79. The van der Waals surface area contributed by atoms with E-state index in [9.17, 15) is 9.59 Å². The van der Waals surface area contributed by atoms with Crippen LogP contribution in [0.4, 0.5) is 5.69 Å². The van der Waals surface area contributed by atoms with Gasteiger partial charge in [0.2, 0.25) is 11.8 Å². The van der Waals surface area contributed by atoms with Crippen molar-refractivity contribution in [1.29, 1.82) is 0 Å². The average molecular weight is 235 g/mol. The molecule has 0 saturated heterocycles. The van der Waals surface area contributed by atoms with Crippen molar-refractivity contribution in [2.75, 3.05) is 12.4 Å². The lowest BCUT2D eigenvalue weighted by atomic mass is 10.1. The van der Waals surface area contributed by atoms with E-state index in [1.165, 1.54) is 7.05 Å². The van der Waals surface area contributed by atoms with Crippen molar-refractivity contribution in [1.82, 2.24) is 5.32 Å². The third-order valence-electron chi connectivity index (χ3n) is 2.49. The van der Waals surface area contributed by atoms with Crippen LogP contribution < -0.4 is 16.4 Å². The highest BCUT2D eigenvalue weighted by Gasteiger charge is 2.18. The van der Waals surface area contributed by atoms with Crippen LogP contribution in [-0.2, 0) is 9.59 Å². The van der Waals surface area contributed by atoms with Crippen molar-refractivity contribution in [3.05, 3.63) is 29.8 Å². The van der Waals surface area contributed by atoms with E-state index < -0.39 is 11.9 Å². The maximum atomic E-state index is 11.2. The summed E-state index contributed by atoms with van der Waals surface area (Å²) in [7, 11) is 1.52. The molecule has 0 aliphatic heterocycles. The van der Waals surface area contributed by atoms with Gasteiger partial charge in [-0.25, -0.2) is 0 Å². The molecule has 0 aliphatic rings. The SMILES string of the molecule is CNC(=O)CC(Nc1ccccc1C)C(N)=O. The monoisotopic (exact) mass is 235 g/mol. The molecule has 0 radical (unpaired) electrons. The molecule has 0 fully saturated rings. The van der Waals surface area contributed by atoms with Gasteiger partial charge in [-0.05, 0) is 18.6 Å². The second-order valence-electron chi connectivity index (χ2n) is 3.79. The molecule has 5 heteroatoms. The maximum absolute atomic E-state index is 11.2. The van der Waals surface area contributed by atoms with Crippen LogP contribution in [0, 0.1) is 6.92 Å². The van der Waals surface area contributed by atoms with Gasteiger partial charge < -0.3 is 16.4 Å². The van der Waals surface area contributed by atoms with Crippen LogP contribution in [0.3, 0.4) is 0 Å². The summed E-state index contributed by atoms with van der Waals surface area (Å²) in [6.07, 6.45) is 0.0279. The number of primary amides is 1. The summed E-state index contributed by atoms with van der Waals surface area (Å²) in [4.78, 5) is 22.5. The lowest BCUT2D eigenvalue weighted by molar-refractivity contribution is -0.125. The van der Waals surface area contributed by atoms with Gasteiger partial charge >= 0.3 is 0 Å². The number of anilines is 1. The summed E-state index contributed by atoms with van der Waals surface area (Å²) in [5, 5.41) is 5.44. The predicted molar refractivity (Wildman–Crippen MR) is 66.5 cm³/mol. The maximum Gasteiger partial charge on any atom is 0.240 e. The van der Waals surface area contributed by atoms with Gasteiger partial charge in [0.15, 0.2) is 0 Å². The fourth-order valence-electron chi connectivity index (χ4n) is 1.43. The van der Waals surface area contributed by atoms with Crippen molar-refractivity contribution in [3.63, 3.8) is 0 Å². The number of para-hydroxylation sites is 1. The normalized spacial score (nSPS) is 11.6. The highest BCUT2D eigenvalue weighted by atomic mass is 16.2. The number of nitrogens with one attached hydrogen (secondary N) is 2. The van der Waals surface area contributed by atoms with Gasteiger partial charge in [-0.15, -0.1) is 0 Å². The summed E-state index contributed by atoms with van der Waals surface area (Å²) in [5.41, 5.74) is 7.06. The smallest absolute Gasteiger partial charge is 0.240 e. The van der Waals surface area contributed by atoms with Crippen LogP contribution in [0.5, 0.6) is 0 Å². The largest absolute Gasteiger partial charge is 0.373 e. The molecule has 0 heterocycles. The van der Waals surface area contributed by atoms with Gasteiger partial charge in [0.1, 0.15) is 6.04 Å². The molecule has 0 aromatic heterocycles. The molecule has 17 heavy (non-hydrogen) atoms. The first kappa shape index (κ1) is 13.0. The summed E-state index contributed by atoms with van der Waals surface area (Å²) in [6, 6.07) is 6.82. The molecule has 1 rings (SSSR count). The van der Waals surface area contributed by atoms with Crippen LogP contribution in [-0.4, -0.2) is 24.9 Å². The molecule has 0 spiro atoms. The van der Waals surface area contributed by atoms with Crippen molar-refractivity contribution in [2.45, 2.75) is 19.4 Å². The van der Waals surface area contributed by atoms with E-state index >= 15 is 0 Å². The minimum atomic E-state index is -0.698. The Morgan fingerprint density at radius 3 is 2.53 bits per heavy atom. The average Bonchev–Trinajstić information content (AvgIpc) is 2.30. The summed E-state index contributed by atoms with van der Waals surface area (Å²) >= 11 is 0. The number of carbonyl (C=O) groups excluding carboxylic acids is 2. The zero-order chi connectivity index (χ0) is 12.8. The number of amides is 2. The fourth-order valence-corrected chi connectivity index (χ4v) is 1.43. The van der Waals surface area contributed by atoms with Crippen LogP contribution in [0.15, 0.2) is 24.3 Å². The molecule has 0 bridgehead atoms. The lowest BCUT2D eigenvalue weighted by Gasteiger charge is -2.17. The number of hydrogen-bond donors (Lipinski definition) is 3. The Morgan fingerprint density at radius 1 is 1.35 bits per heavy atom. The molecule has 0 aliphatic carbocycles. The number of aryl methyl sites for hydroxylation is 1. The van der Waals surface area contributed by atoms with E-state index in [-0.39, 0.29) is 12.3 Å². The minimum absolute atomic E-state index is 0.0279. The summed E-state index contributed by atoms with van der Waals surface area (Å²) in [5.74, 6) is -0.772. The van der Waals surface area contributed by atoms with Gasteiger partial charge in [0, 0.05) is 12.7 Å². The van der Waals surface area contributed by atoms with E-state index in [4.69, 9.17) is 5.73 Å². The van der Waals surface area contributed by atoms with Gasteiger partial charge in [-0.1, -0.05) is 18.2 Å². The van der Waals surface area contributed by atoms with Crippen molar-refractivity contribution < 1.29 is 9.59 Å². The minimum Gasteiger partial charge on any atom is -0.373 e. The van der Waals surface area contributed by atoms with Gasteiger partial charge in [0.05, 0.1) is 6.42 Å². The highest BCUT2D eigenvalue weighted by Crippen LogP contribution is 2.15. The van der Waals surface area contributed by atoms with Gasteiger partial charge in [-0.3, -0.25) is 9.59 Å². The number of carbonyl (C=O) groups is 2. The number of hydrogen-bond acceptors (Lipinski definition) is 3. The molecule has 1 aromatic carbocycles. The zero-order valence-corrected chi connectivity index (χ0v) is 9.99. The first-order chi connectivity index (χ1) is 8.04. The van der Waals surface area contributed by atoms with E-state index in [2.05, 4.69) is 10.6 Å². The molecule has 1 atom stereocenters. The number of benzene rings is 1.